The summed E-state index contributed by atoms with van der Waals surface area (Å²) in [7, 11) is 0. The molecule has 0 aromatic rings. The standard InChI is InChI=1S/C22H31F3N4O3/c1-2-32-22(31)14-9-29(17-4-3-10(23)5-15(17)24)20-11(19(14)30)6-16(25)21(27-20)28-7-12-13(8-28)18(12)26/h9-13,15-18,20-21,27H,2-8,26H2,1H3. The van der Waals surface area contributed by atoms with E-state index in [1.54, 1.807) is 11.8 Å². The maximum absolute atomic E-state index is 15.3. The van der Waals surface area contributed by atoms with Crippen molar-refractivity contribution in [1.82, 2.24) is 15.1 Å². The van der Waals surface area contributed by atoms with Crippen LogP contribution in [0.25, 0.3) is 0 Å². The van der Waals surface area contributed by atoms with Gasteiger partial charge in [0.1, 0.15) is 24.1 Å². The number of ether oxygens (including phenoxy) is 1. The van der Waals surface area contributed by atoms with Gasteiger partial charge < -0.3 is 15.4 Å². The van der Waals surface area contributed by atoms with Crippen LogP contribution < -0.4 is 11.1 Å². The van der Waals surface area contributed by atoms with Gasteiger partial charge in [-0.3, -0.25) is 15.0 Å². The van der Waals surface area contributed by atoms with Crippen LogP contribution in [0.3, 0.4) is 0 Å². The molecule has 2 saturated carbocycles. The molecule has 7 nitrogen and oxygen atoms in total. The molecule has 178 valence electrons. The van der Waals surface area contributed by atoms with E-state index in [4.69, 9.17) is 10.5 Å². The Hall–Kier alpha value is -1.65. The molecule has 3 N–H and O–H groups in total. The van der Waals surface area contributed by atoms with Crippen LogP contribution in [-0.2, 0) is 14.3 Å². The number of hydrogen-bond donors (Lipinski definition) is 2. The molecule has 9 atom stereocenters. The quantitative estimate of drug-likeness (QED) is 0.483. The first-order valence-corrected chi connectivity index (χ1v) is 11.7. The molecule has 32 heavy (non-hydrogen) atoms. The second-order valence-electron chi connectivity index (χ2n) is 9.84. The van der Waals surface area contributed by atoms with E-state index in [-0.39, 0.29) is 43.9 Å². The summed E-state index contributed by atoms with van der Waals surface area (Å²) in [5, 5.41) is 3.26. The van der Waals surface area contributed by atoms with Crippen LogP contribution in [0.1, 0.15) is 32.6 Å². The Kier molecular flexibility index (Phi) is 5.74. The van der Waals surface area contributed by atoms with E-state index in [1.807, 2.05) is 4.90 Å². The fourth-order valence-electron chi connectivity index (χ4n) is 6.15. The van der Waals surface area contributed by atoms with Crippen LogP contribution in [0, 0.1) is 17.8 Å². The van der Waals surface area contributed by atoms with Crippen molar-refractivity contribution in [2.45, 2.75) is 75.5 Å². The first-order valence-electron chi connectivity index (χ1n) is 11.7. The third-order valence-corrected chi connectivity index (χ3v) is 7.98. The van der Waals surface area contributed by atoms with Gasteiger partial charge in [0.05, 0.1) is 30.9 Å². The highest BCUT2D eigenvalue weighted by atomic mass is 19.1. The Morgan fingerprint density at radius 2 is 1.88 bits per heavy atom. The van der Waals surface area contributed by atoms with Gasteiger partial charge in [-0.15, -0.1) is 0 Å². The smallest absolute Gasteiger partial charge is 0.343 e. The van der Waals surface area contributed by atoms with Crippen molar-refractivity contribution in [3.63, 3.8) is 0 Å². The second-order valence-corrected chi connectivity index (χ2v) is 9.84. The fraction of sp³-hybridized carbons (Fsp3) is 0.818. The normalized spacial score (nSPS) is 46.3. The van der Waals surface area contributed by atoms with Crippen molar-refractivity contribution in [2.24, 2.45) is 23.5 Å². The summed E-state index contributed by atoms with van der Waals surface area (Å²) >= 11 is 0. The summed E-state index contributed by atoms with van der Waals surface area (Å²) < 4.78 is 49.0. The van der Waals surface area contributed by atoms with Gasteiger partial charge in [0.25, 0.3) is 0 Å². The predicted octanol–water partition coefficient (Wildman–Crippen LogP) is 1.04. The van der Waals surface area contributed by atoms with Crippen LogP contribution in [0.15, 0.2) is 11.8 Å². The van der Waals surface area contributed by atoms with Gasteiger partial charge in [0, 0.05) is 31.8 Å². The van der Waals surface area contributed by atoms with Crippen LogP contribution >= 0.6 is 0 Å². The van der Waals surface area contributed by atoms with E-state index in [1.165, 1.54) is 6.20 Å². The first-order chi connectivity index (χ1) is 15.3. The molecule has 3 heterocycles. The monoisotopic (exact) mass is 456 g/mol. The number of hydrogen-bond acceptors (Lipinski definition) is 7. The summed E-state index contributed by atoms with van der Waals surface area (Å²) in [6, 6.07) is -0.525. The first kappa shape index (κ1) is 22.2. The van der Waals surface area contributed by atoms with E-state index in [0.717, 1.165) is 0 Å². The summed E-state index contributed by atoms with van der Waals surface area (Å²) in [4.78, 5) is 29.2. The van der Waals surface area contributed by atoms with E-state index >= 15 is 4.39 Å². The van der Waals surface area contributed by atoms with E-state index in [2.05, 4.69) is 5.32 Å². The van der Waals surface area contributed by atoms with Crippen molar-refractivity contribution in [1.29, 1.82) is 0 Å². The Morgan fingerprint density at radius 3 is 2.53 bits per heavy atom. The lowest BCUT2D eigenvalue weighted by Crippen LogP contribution is -2.69. The number of fused-ring (bicyclic) bond motifs is 2. The number of nitrogens with zero attached hydrogens (tertiary/aromatic N) is 2. The molecule has 3 aliphatic heterocycles. The van der Waals surface area contributed by atoms with Crippen LogP contribution in [0.5, 0.6) is 0 Å². The van der Waals surface area contributed by atoms with Crippen molar-refractivity contribution in [3.05, 3.63) is 11.8 Å². The maximum Gasteiger partial charge on any atom is 0.343 e. The van der Waals surface area contributed by atoms with Crippen molar-refractivity contribution in [2.75, 3.05) is 19.7 Å². The lowest BCUT2D eigenvalue weighted by molar-refractivity contribution is -0.144. The van der Waals surface area contributed by atoms with Gasteiger partial charge in [-0.2, -0.15) is 0 Å². The molecule has 2 saturated heterocycles. The molecule has 0 bridgehead atoms. The molecule has 5 aliphatic rings. The average Bonchev–Trinajstić information content (AvgIpc) is 3.15. The number of alkyl halides is 3. The molecule has 10 heteroatoms. The summed E-state index contributed by atoms with van der Waals surface area (Å²) in [6.07, 6.45) is -3.73. The van der Waals surface area contributed by atoms with Gasteiger partial charge >= 0.3 is 5.97 Å². The Labute approximate surface area is 185 Å². The third kappa shape index (κ3) is 3.64. The molecular weight excluding hydrogens is 425 g/mol. The molecule has 0 aromatic carbocycles. The van der Waals surface area contributed by atoms with Crippen LogP contribution in [0.2, 0.25) is 0 Å². The number of carbonyl (C=O) groups is 2. The number of nitrogens with two attached hydrogens (primary N) is 1. The highest BCUT2D eigenvalue weighted by molar-refractivity contribution is 6.18. The van der Waals surface area contributed by atoms with Crippen LogP contribution in [-0.4, -0.2) is 84.2 Å². The Balaban J connectivity index is 1.43. The fourth-order valence-corrected chi connectivity index (χ4v) is 6.15. The number of ketones is 1. The number of likely N-dealkylation sites (tertiary alicyclic amines) is 1. The summed E-state index contributed by atoms with van der Waals surface area (Å²) in [6.45, 7) is 3.10. The van der Waals surface area contributed by atoms with Crippen molar-refractivity contribution >= 4 is 11.8 Å². The minimum absolute atomic E-state index is 0.0678. The summed E-state index contributed by atoms with van der Waals surface area (Å²) in [5.74, 6) is -1.38. The zero-order valence-corrected chi connectivity index (χ0v) is 18.1. The molecule has 5 rings (SSSR count). The molecule has 0 spiro atoms. The molecule has 2 aliphatic carbocycles. The number of rotatable bonds is 4. The number of halogens is 3. The molecule has 4 fully saturated rings. The second kappa shape index (κ2) is 8.29. The minimum atomic E-state index is -1.45. The number of Topliss-reactive ketones (excluding diaryl/α,β-unsaturated/α-hetero) is 1. The Morgan fingerprint density at radius 1 is 1.16 bits per heavy atom. The zero-order valence-electron chi connectivity index (χ0n) is 18.1. The van der Waals surface area contributed by atoms with Gasteiger partial charge in [0.15, 0.2) is 5.78 Å². The number of nitrogens with one attached hydrogen (secondary N) is 1. The lowest BCUT2D eigenvalue weighted by Gasteiger charge is -2.52. The molecule has 9 unspecified atom stereocenters. The molecular formula is C22H31F3N4O3. The molecule has 0 amide bonds. The largest absolute Gasteiger partial charge is 0.462 e. The van der Waals surface area contributed by atoms with E-state index in [0.29, 0.717) is 24.9 Å². The number of esters is 1. The number of carbonyl (C=O) groups excluding carboxylic acids is 2. The lowest BCUT2D eigenvalue weighted by atomic mass is 9.80. The third-order valence-electron chi connectivity index (χ3n) is 7.98. The minimum Gasteiger partial charge on any atom is -0.462 e. The SMILES string of the molecule is CCOC(=O)C1=CN(C2CCC(F)CC2F)C2NC(N3CC4C(N)C4C3)C(F)CC2C1=O. The van der Waals surface area contributed by atoms with Crippen LogP contribution in [0.4, 0.5) is 13.2 Å². The van der Waals surface area contributed by atoms with Gasteiger partial charge in [0.2, 0.25) is 0 Å². The van der Waals surface area contributed by atoms with Gasteiger partial charge in [-0.25, -0.2) is 18.0 Å². The highest BCUT2D eigenvalue weighted by Crippen LogP contribution is 2.46. The average molecular weight is 457 g/mol. The zero-order chi connectivity index (χ0) is 22.7. The van der Waals surface area contributed by atoms with Gasteiger partial charge in [-0.05, 0) is 38.0 Å². The van der Waals surface area contributed by atoms with Crippen molar-refractivity contribution in [3.8, 4) is 0 Å². The molecule has 0 aromatic heterocycles. The van der Waals surface area contributed by atoms with E-state index < -0.39 is 54.6 Å². The van der Waals surface area contributed by atoms with Gasteiger partial charge in [-0.1, -0.05) is 0 Å². The Bertz CT molecular complexity index is 801. The summed E-state index contributed by atoms with van der Waals surface area (Å²) in [5.41, 5.74) is 5.83. The number of piperidine rings is 2. The van der Waals surface area contributed by atoms with Crippen molar-refractivity contribution < 1.29 is 27.5 Å². The topological polar surface area (TPSA) is 87.9 Å². The predicted molar refractivity (Wildman–Crippen MR) is 109 cm³/mol. The molecule has 0 radical (unpaired) electrons. The van der Waals surface area contributed by atoms with E-state index in [9.17, 15) is 18.4 Å². The maximum atomic E-state index is 15.3. The highest BCUT2D eigenvalue weighted by Gasteiger charge is 2.58.